The van der Waals surface area contributed by atoms with Gasteiger partial charge in [-0.25, -0.2) is 4.98 Å². The predicted octanol–water partition coefficient (Wildman–Crippen LogP) is 3.80. The molecule has 9 nitrogen and oxygen atoms in total. The highest BCUT2D eigenvalue weighted by atomic mass is 35.5. The van der Waals surface area contributed by atoms with Gasteiger partial charge in [-0.3, -0.25) is 4.79 Å². The molecule has 0 fully saturated rings. The number of aromatic nitrogens is 2. The smallest absolute Gasteiger partial charge is 0.253 e. The van der Waals surface area contributed by atoms with Crippen molar-refractivity contribution in [3.8, 4) is 11.5 Å². The number of ether oxygens (including phenoxy) is 2. The number of hydrogen-bond donors (Lipinski definition) is 3. The van der Waals surface area contributed by atoms with E-state index in [2.05, 4.69) is 20.6 Å². The third-order valence-electron chi connectivity index (χ3n) is 4.80. The molecular weight excluding hydrogens is 434 g/mol. The molecule has 1 amide bonds. The highest BCUT2D eigenvalue weighted by Crippen LogP contribution is 2.44. The fourth-order valence-corrected chi connectivity index (χ4v) is 3.44. The quantitative estimate of drug-likeness (QED) is 0.470. The largest absolute Gasteiger partial charge is 0.454 e. The van der Waals surface area contributed by atoms with Gasteiger partial charge in [0.05, 0.1) is 11.6 Å². The van der Waals surface area contributed by atoms with Crippen molar-refractivity contribution < 1.29 is 19.4 Å². The first-order valence-electron chi connectivity index (χ1n) is 10.0. The van der Waals surface area contributed by atoms with Crippen molar-refractivity contribution in [1.29, 1.82) is 0 Å². The number of carbonyl (C=O) groups is 1. The second-order valence-corrected chi connectivity index (χ2v) is 7.27. The van der Waals surface area contributed by atoms with E-state index in [1.165, 1.54) is 0 Å². The topological polar surface area (TPSA) is 109 Å². The van der Waals surface area contributed by atoms with Crippen LogP contribution in [-0.4, -0.2) is 52.4 Å². The van der Waals surface area contributed by atoms with Gasteiger partial charge in [0, 0.05) is 30.5 Å². The van der Waals surface area contributed by atoms with Crippen LogP contribution in [0.4, 0.5) is 23.1 Å². The maximum Gasteiger partial charge on any atom is 0.253 e. The van der Waals surface area contributed by atoms with E-state index in [4.69, 9.17) is 26.2 Å². The van der Waals surface area contributed by atoms with Crippen molar-refractivity contribution in [2.24, 2.45) is 0 Å². The molecule has 2 heterocycles. The fourth-order valence-electron chi connectivity index (χ4n) is 3.25. The Morgan fingerprint density at radius 1 is 1.22 bits per heavy atom. The summed E-state index contributed by atoms with van der Waals surface area (Å²) in [5.41, 5.74) is 1.72. The number of benzene rings is 2. The summed E-state index contributed by atoms with van der Waals surface area (Å²) in [5, 5.41) is 15.9. The first kappa shape index (κ1) is 21.7. The van der Waals surface area contributed by atoms with Gasteiger partial charge in [0.25, 0.3) is 5.91 Å². The molecule has 10 heteroatoms. The molecule has 2 aromatic carbocycles. The summed E-state index contributed by atoms with van der Waals surface area (Å²) in [6, 6.07) is 12.2. The van der Waals surface area contributed by atoms with E-state index >= 15 is 0 Å². The molecule has 166 valence electrons. The van der Waals surface area contributed by atoms with Crippen molar-refractivity contribution in [2.75, 3.05) is 37.1 Å². The van der Waals surface area contributed by atoms with E-state index in [1.54, 1.807) is 47.5 Å². The molecule has 0 unspecified atom stereocenters. The zero-order valence-corrected chi connectivity index (χ0v) is 18.1. The number of aliphatic hydroxyl groups excluding tert-OH is 1. The summed E-state index contributed by atoms with van der Waals surface area (Å²) in [7, 11) is 0. The molecule has 4 rings (SSSR count). The predicted molar refractivity (Wildman–Crippen MR) is 121 cm³/mol. The van der Waals surface area contributed by atoms with Crippen LogP contribution in [0.25, 0.3) is 0 Å². The number of nitrogens with zero attached hydrogens (tertiary/aromatic N) is 3. The van der Waals surface area contributed by atoms with Crippen LogP contribution in [0.5, 0.6) is 11.5 Å². The Morgan fingerprint density at radius 2 is 2.09 bits per heavy atom. The Kier molecular flexibility index (Phi) is 6.58. The maximum absolute atomic E-state index is 12.7. The maximum atomic E-state index is 12.7. The van der Waals surface area contributed by atoms with Crippen LogP contribution in [0.1, 0.15) is 17.3 Å². The van der Waals surface area contributed by atoms with Crippen LogP contribution >= 0.6 is 11.6 Å². The standard InChI is InChI=1S/C22H22ClN5O4/c1-2-28(10-11-29)21(30)14-4-3-5-15(12-14)25-22-24-9-8-18(27-22)26-19-16(23)6-7-17-20(19)32-13-31-17/h3-9,12,29H,2,10-11,13H2,1H3,(H2,24,25,26,27). The minimum absolute atomic E-state index is 0.0864. The van der Waals surface area contributed by atoms with Crippen LogP contribution in [0.15, 0.2) is 48.7 Å². The lowest BCUT2D eigenvalue weighted by Gasteiger charge is -2.20. The van der Waals surface area contributed by atoms with Crippen molar-refractivity contribution in [2.45, 2.75) is 6.92 Å². The average molecular weight is 456 g/mol. The van der Waals surface area contributed by atoms with Crippen LogP contribution in [0.2, 0.25) is 5.02 Å². The highest BCUT2D eigenvalue weighted by molar-refractivity contribution is 6.33. The van der Waals surface area contributed by atoms with Gasteiger partial charge in [0.2, 0.25) is 12.7 Å². The number of aliphatic hydroxyl groups is 1. The Morgan fingerprint density at radius 3 is 2.91 bits per heavy atom. The summed E-state index contributed by atoms with van der Waals surface area (Å²) in [6.45, 7) is 2.70. The number of carbonyl (C=O) groups excluding carboxylic acids is 1. The van der Waals surface area contributed by atoms with E-state index in [9.17, 15) is 4.79 Å². The van der Waals surface area contributed by atoms with Crippen molar-refractivity contribution >= 4 is 40.6 Å². The summed E-state index contributed by atoms with van der Waals surface area (Å²) < 4.78 is 10.9. The summed E-state index contributed by atoms with van der Waals surface area (Å²) in [6.07, 6.45) is 1.60. The molecule has 0 saturated carbocycles. The van der Waals surface area contributed by atoms with Crippen molar-refractivity contribution in [3.05, 3.63) is 59.2 Å². The normalized spacial score (nSPS) is 11.8. The highest BCUT2D eigenvalue weighted by Gasteiger charge is 2.21. The van der Waals surface area contributed by atoms with Gasteiger partial charge < -0.3 is 30.1 Å². The van der Waals surface area contributed by atoms with E-state index in [0.717, 1.165) is 0 Å². The Balaban J connectivity index is 1.52. The SMILES string of the molecule is CCN(CCO)C(=O)c1cccc(Nc2nccc(Nc3c(Cl)ccc4c3OCO4)n2)c1. The first-order chi connectivity index (χ1) is 15.6. The Labute approximate surface area is 190 Å². The molecule has 3 aromatic rings. The van der Waals surface area contributed by atoms with Crippen molar-refractivity contribution in [1.82, 2.24) is 14.9 Å². The zero-order valence-electron chi connectivity index (χ0n) is 17.3. The molecule has 0 bridgehead atoms. The van der Waals surface area contributed by atoms with Crippen LogP contribution in [0, 0.1) is 0 Å². The van der Waals surface area contributed by atoms with Gasteiger partial charge in [-0.15, -0.1) is 0 Å². The van der Waals surface area contributed by atoms with Gasteiger partial charge in [-0.2, -0.15) is 4.98 Å². The van der Waals surface area contributed by atoms with Crippen molar-refractivity contribution in [3.63, 3.8) is 0 Å². The molecule has 1 aliphatic rings. The third-order valence-corrected chi connectivity index (χ3v) is 5.12. The Hall–Kier alpha value is -3.56. The molecule has 0 radical (unpaired) electrons. The van der Waals surface area contributed by atoms with Gasteiger partial charge in [0.15, 0.2) is 11.5 Å². The van der Waals surface area contributed by atoms with E-state index in [-0.39, 0.29) is 25.9 Å². The van der Waals surface area contributed by atoms with Gasteiger partial charge >= 0.3 is 0 Å². The molecule has 1 aliphatic heterocycles. The molecule has 32 heavy (non-hydrogen) atoms. The average Bonchev–Trinajstić information content (AvgIpc) is 3.28. The molecular formula is C22H22ClN5O4. The number of fused-ring (bicyclic) bond motifs is 1. The number of rotatable bonds is 8. The number of nitrogens with one attached hydrogen (secondary N) is 2. The first-order valence-corrected chi connectivity index (χ1v) is 10.4. The summed E-state index contributed by atoms with van der Waals surface area (Å²) in [4.78, 5) is 23.0. The number of hydrogen-bond acceptors (Lipinski definition) is 8. The number of likely N-dealkylation sites (N-methyl/N-ethyl adjacent to an activating group) is 1. The van der Waals surface area contributed by atoms with E-state index in [1.807, 2.05) is 13.0 Å². The zero-order chi connectivity index (χ0) is 22.5. The lowest BCUT2D eigenvalue weighted by molar-refractivity contribution is 0.0732. The molecule has 0 aliphatic carbocycles. The molecule has 0 saturated heterocycles. The molecule has 1 aromatic heterocycles. The van der Waals surface area contributed by atoms with Crippen LogP contribution < -0.4 is 20.1 Å². The second kappa shape index (κ2) is 9.71. The Bertz CT molecular complexity index is 1130. The summed E-state index contributed by atoms with van der Waals surface area (Å²) >= 11 is 6.33. The second-order valence-electron chi connectivity index (χ2n) is 6.86. The summed E-state index contributed by atoms with van der Waals surface area (Å²) in [5.74, 6) is 1.81. The lowest BCUT2D eigenvalue weighted by Crippen LogP contribution is -2.33. The molecule has 0 atom stereocenters. The number of amides is 1. The minimum Gasteiger partial charge on any atom is -0.454 e. The molecule has 3 N–H and O–H groups in total. The van der Waals surface area contributed by atoms with Gasteiger partial charge in [-0.05, 0) is 43.3 Å². The van der Waals surface area contributed by atoms with E-state index in [0.29, 0.717) is 51.8 Å². The van der Waals surface area contributed by atoms with E-state index < -0.39 is 0 Å². The van der Waals surface area contributed by atoms with Gasteiger partial charge in [0.1, 0.15) is 11.5 Å². The molecule has 0 spiro atoms. The third kappa shape index (κ3) is 4.68. The fraction of sp³-hybridized carbons (Fsp3) is 0.227. The number of halogens is 1. The monoisotopic (exact) mass is 455 g/mol. The minimum atomic E-state index is -0.156. The van der Waals surface area contributed by atoms with Crippen LogP contribution in [-0.2, 0) is 0 Å². The van der Waals surface area contributed by atoms with Gasteiger partial charge in [-0.1, -0.05) is 17.7 Å². The van der Waals surface area contributed by atoms with Crippen LogP contribution in [0.3, 0.4) is 0 Å². The number of anilines is 4. The lowest BCUT2D eigenvalue weighted by atomic mass is 10.1.